The molecule has 2 aliphatic heterocycles. The molecule has 0 aromatic carbocycles. The molecule has 0 radical (unpaired) electrons. The Morgan fingerprint density at radius 1 is 1.22 bits per heavy atom. The molecule has 134 valence electrons. The highest BCUT2D eigenvalue weighted by Crippen LogP contribution is 2.18. The van der Waals surface area contributed by atoms with Gasteiger partial charge in [-0.3, -0.25) is 9.69 Å². The van der Waals surface area contributed by atoms with Crippen LogP contribution in [0.25, 0.3) is 0 Å². The fraction of sp³-hybridized carbons (Fsp3) is 0.944. The summed E-state index contributed by atoms with van der Waals surface area (Å²) in [6.45, 7) is 8.92. The smallest absolute Gasteiger partial charge is 0.234 e. The molecule has 1 amide bonds. The Hall–Kier alpha value is -0.650. The fourth-order valence-electron chi connectivity index (χ4n) is 3.61. The SMILES string of the molecule is CCCCN(C)CC1CCN(CC(=O)NC2CCOCC2)CC1. The molecule has 2 aliphatic rings. The van der Waals surface area contributed by atoms with Crippen LogP contribution in [0.5, 0.6) is 0 Å². The summed E-state index contributed by atoms with van der Waals surface area (Å²) in [6, 6.07) is 0.320. The number of rotatable bonds is 8. The van der Waals surface area contributed by atoms with Gasteiger partial charge >= 0.3 is 0 Å². The summed E-state index contributed by atoms with van der Waals surface area (Å²) >= 11 is 0. The molecule has 5 heteroatoms. The van der Waals surface area contributed by atoms with E-state index in [1.54, 1.807) is 0 Å². The van der Waals surface area contributed by atoms with E-state index in [-0.39, 0.29) is 5.91 Å². The van der Waals surface area contributed by atoms with E-state index in [0.29, 0.717) is 12.6 Å². The first-order valence-electron chi connectivity index (χ1n) is 9.45. The average Bonchev–Trinajstić information content (AvgIpc) is 2.55. The van der Waals surface area contributed by atoms with E-state index in [2.05, 4.69) is 29.1 Å². The maximum Gasteiger partial charge on any atom is 0.234 e. The van der Waals surface area contributed by atoms with Crippen molar-refractivity contribution in [3.63, 3.8) is 0 Å². The van der Waals surface area contributed by atoms with Gasteiger partial charge in [0, 0.05) is 25.8 Å². The predicted octanol–water partition coefficient (Wildman–Crippen LogP) is 1.73. The van der Waals surface area contributed by atoms with Crippen LogP contribution in [0, 0.1) is 5.92 Å². The van der Waals surface area contributed by atoms with E-state index in [0.717, 1.165) is 45.1 Å². The average molecular weight is 325 g/mol. The molecule has 2 rings (SSSR count). The van der Waals surface area contributed by atoms with E-state index in [9.17, 15) is 4.79 Å². The first-order chi connectivity index (χ1) is 11.2. The Morgan fingerprint density at radius 2 is 1.91 bits per heavy atom. The fourth-order valence-corrected chi connectivity index (χ4v) is 3.61. The molecule has 5 nitrogen and oxygen atoms in total. The number of unbranched alkanes of at least 4 members (excludes halogenated alkanes) is 1. The van der Waals surface area contributed by atoms with Crippen LogP contribution in [-0.4, -0.2) is 74.7 Å². The molecule has 23 heavy (non-hydrogen) atoms. The zero-order valence-corrected chi connectivity index (χ0v) is 15.1. The zero-order valence-electron chi connectivity index (χ0n) is 15.1. The van der Waals surface area contributed by atoms with Gasteiger partial charge in [0.25, 0.3) is 0 Å². The maximum absolute atomic E-state index is 12.2. The van der Waals surface area contributed by atoms with Crippen LogP contribution in [0.2, 0.25) is 0 Å². The number of carbonyl (C=O) groups is 1. The summed E-state index contributed by atoms with van der Waals surface area (Å²) in [5.74, 6) is 0.988. The van der Waals surface area contributed by atoms with Gasteiger partial charge in [-0.05, 0) is 64.7 Å². The highest BCUT2D eigenvalue weighted by Gasteiger charge is 2.23. The van der Waals surface area contributed by atoms with E-state index < -0.39 is 0 Å². The first kappa shape index (κ1) is 18.7. The largest absolute Gasteiger partial charge is 0.381 e. The van der Waals surface area contributed by atoms with Gasteiger partial charge in [-0.1, -0.05) is 13.3 Å². The lowest BCUT2D eigenvalue weighted by atomic mass is 9.96. The quantitative estimate of drug-likeness (QED) is 0.738. The number of hydrogen-bond donors (Lipinski definition) is 1. The van der Waals surface area contributed by atoms with E-state index in [4.69, 9.17) is 4.74 Å². The molecule has 2 fully saturated rings. The van der Waals surface area contributed by atoms with Crippen LogP contribution in [0.15, 0.2) is 0 Å². The number of amides is 1. The summed E-state index contributed by atoms with van der Waals surface area (Å²) in [4.78, 5) is 16.9. The lowest BCUT2D eigenvalue weighted by Crippen LogP contribution is -2.46. The van der Waals surface area contributed by atoms with Gasteiger partial charge in [0.1, 0.15) is 0 Å². The third-order valence-electron chi connectivity index (χ3n) is 5.12. The molecule has 0 unspecified atom stereocenters. The minimum atomic E-state index is 0.190. The summed E-state index contributed by atoms with van der Waals surface area (Å²) in [5.41, 5.74) is 0. The van der Waals surface area contributed by atoms with Gasteiger partial charge in [0.15, 0.2) is 0 Å². The lowest BCUT2D eigenvalue weighted by molar-refractivity contribution is -0.123. The number of piperidine rings is 1. The molecule has 0 aliphatic carbocycles. The van der Waals surface area contributed by atoms with E-state index in [1.807, 2.05) is 0 Å². The van der Waals surface area contributed by atoms with Gasteiger partial charge < -0.3 is 15.0 Å². The molecule has 0 saturated carbocycles. The molecule has 1 N–H and O–H groups in total. The zero-order chi connectivity index (χ0) is 16.5. The highest BCUT2D eigenvalue weighted by molar-refractivity contribution is 5.78. The monoisotopic (exact) mass is 325 g/mol. The van der Waals surface area contributed by atoms with Crippen molar-refractivity contribution < 1.29 is 9.53 Å². The maximum atomic E-state index is 12.2. The molecule has 0 atom stereocenters. The van der Waals surface area contributed by atoms with Gasteiger partial charge in [0.2, 0.25) is 5.91 Å². The summed E-state index contributed by atoms with van der Waals surface area (Å²) < 4.78 is 5.33. The third-order valence-corrected chi connectivity index (χ3v) is 5.12. The van der Waals surface area contributed by atoms with Crippen molar-refractivity contribution >= 4 is 5.91 Å². The molecule has 2 saturated heterocycles. The Balaban J connectivity index is 1.59. The standard InChI is InChI=1S/C18H35N3O2/c1-3-4-9-20(2)14-16-5-10-21(11-6-16)15-18(22)19-17-7-12-23-13-8-17/h16-17H,3-15H2,1-2H3,(H,19,22). The molecule has 0 aromatic heterocycles. The van der Waals surface area contributed by atoms with Gasteiger partial charge in [-0.25, -0.2) is 0 Å². The van der Waals surface area contributed by atoms with Crippen molar-refractivity contribution in [2.75, 3.05) is 53.0 Å². The van der Waals surface area contributed by atoms with Crippen molar-refractivity contribution in [2.45, 2.75) is 51.5 Å². The predicted molar refractivity (Wildman–Crippen MR) is 93.6 cm³/mol. The number of nitrogens with zero attached hydrogens (tertiary/aromatic N) is 2. The number of nitrogens with one attached hydrogen (secondary N) is 1. The lowest BCUT2D eigenvalue weighted by Gasteiger charge is -2.34. The molecule has 0 spiro atoms. The molecular formula is C18H35N3O2. The second-order valence-corrected chi connectivity index (χ2v) is 7.29. The van der Waals surface area contributed by atoms with E-state index >= 15 is 0 Å². The van der Waals surface area contributed by atoms with Crippen molar-refractivity contribution in [1.82, 2.24) is 15.1 Å². The minimum Gasteiger partial charge on any atom is -0.381 e. The molecular weight excluding hydrogens is 290 g/mol. The second-order valence-electron chi connectivity index (χ2n) is 7.29. The summed E-state index contributed by atoms with van der Waals surface area (Å²) in [7, 11) is 2.24. The van der Waals surface area contributed by atoms with Crippen LogP contribution in [0.4, 0.5) is 0 Å². The topological polar surface area (TPSA) is 44.8 Å². The van der Waals surface area contributed by atoms with E-state index in [1.165, 1.54) is 38.8 Å². The van der Waals surface area contributed by atoms with Crippen LogP contribution in [0.1, 0.15) is 45.4 Å². The van der Waals surface area contributed by atoms with Crippen LogP contribution >= 0.6 is 0 Å². The van der Waals surface area contributed by atoms with Gasteiger partial charge in [0.05, 0.1) is 6.54 Å². The summed E-state index contributed by atoms with van der Waals surface area (Å²) in [6.07, 6.45) is 6.92. The van der Waals surface area contributed by atoms with Crippen molar-refractivity contribution in [3.8, 4) is 0 Å². The minimum absolute atomic E-state index is 0.190. The van der Waals surface area contributed by atoms with Gasteiger partial charge in [-0.2, -0.15) is 0 Å². The molecule has 2 heterocycles. The Morgan fingerprint density at radius 3 is 2.57 bits per heavy atom. The van der Waals surface area contributed by atoms with Crippen LogP contribution in [-0.2, 0) is 9.53 Å². The number of ether oxygens (including phenoxy) is 1. The molecule has 0 bridgehead atoms. The highest BCUT2D eigenvalue weighted by atomic mass is 16.5. The van der Waals surface area contributed by atoms with Crippen molar-refractivity contribution in [1.29, 1.82) is 0 Å². The Labute approximate surface area is 141 Å². The van der Waals surface area contributed by atoms with Crippen molar-refractivity contribution in [2.24, 2.45) is 5.92 Å². The number of hydrogen-bond acceptors (Lipinski definition) is 4. The van der Waals surface area contributed by atoms with Crippen molar-refractivity contribution in [3.05, 3.63) is 0 Å². The normalized spacial score (nSPS) is 21.7. The Bertz CT molecular complexity index is 337. The third kappa shape index (κ3) is 7.19. The van der Waals surface area contributed by atoms with Crippen LogP contribution in [0.3, 0.4) is 0 Å². The summed E-state index contributed by atoms with van der Waals surface area (Å²) in [5, 5.41) is 3.16. The Kier molecular flexibility index (Phi) is 8.34. The second kappa shape index (κ2) is 10.3. The number of carbonyl (C=O) groups excluding carboxylic acids is 1. The first-order valence-corrected chi connectivity index (χ1v) is 9.45. The van der Waals surface area contributed by atoms with Crippen LogP contribution < -0.4 is 5.32 Å². The van der Waals surface area contributed by atoms with Gasteiger partial charge in [-0.15, -0.1) is 0 Å². The molecule has 0 aromatic rings. The number of likely N-dealkylation sites (tertiary alicyclic amines) is 1.